The van der Waals surface area contributed by atoms with Crippen LogP contribution in [0.3, 0.4) is 0 Å². The molecule has 93 heavy (non-hydrogen) atoms. The van der Waals surface area contributed by atoms with Crippen LogP contribution in [0.25, 0.3) is 0 Å². The lowest BCUT2D eigenvalue weighted by molar-refractivity contribution is -0.161. The molecule has 0 heterocycles. The summed E-state index contributed by atoms with van der Waals surface area (Å²) in [5.74, 6) is -1.30. The first-order valence-electron chi connectivity index (χ1n) is 38.7. The van der Waals surface area contributed by atoms with E-state index in [9.17, 15) is 43.2 Å². The van der Waals surface area contributed by atoms with Crippen LogP contribution in [0.5, 0.6) is 0 Å². The van der Waals surface area contributed by atoms with E-state index in [0.717, 1.165) is 95.8 Å². The Hall–Kier alpha value is -1.94. The highest BCUT2D eigenvalue weighted by Gasteiger charge is 2.30. The standard InChI is InChI=1S/C74H144O17P2/c1-6-10-13-16-19-22-25-27-28-29-30-31-33-40-45-50-55-60-74(79)91-70(64-85-72(77)58-53-48-43-38-35-34-36-41-46-51-56-67(5)9-4)66-89-93(82,83)87-62-68(75)61-86-92(80,81)88-65-69(63-84-71(76)57-52-47-42-37-24-21-18-15-12-8-3)90-73(78)59-54-49-44-39-32-26-23-20-17-14-11-7-2/h67-70,75H,6-66H2,1-5H3,(H,80,81)(H,82,83)/t67?,68-,69+,70+/m0/s1. The predicted molar refractivity (Wildman–Crippen MR) is 377 cm³/mol. The average molecular weight is 1370 g/mol. The molecule has 0 amide bonds. The maximum absolute atomic E-state index is 13.1. The Morgan fingerprint density at radius 1 is 0.301 bits per heavy atom. The van der Waals surface area contributed by atoms with E-state index in [1.54, 1.807) is 0 Å². The second-order valence-corrected chi connectivity index (χ2v) is 29.8. The van der Waals surface area contributed by atoms with E-state index in [1.165, 1.54) is 212 Å². The zero-order valence-electron chi connectivity index (χ0n) is 60.4. The van der Waals surface area contributed by atoms with E-state index >= 15 is 0 Å². The number of rotatable bonds is 74. The molecule has 0 fully saturated rings. The molecular weight excluding hydrogens is 1220 g/mol. The van der Waals surface area contributed by atoms with Crippen molar-refractivity contribution in [1.29, 1.82) is 0 Å². The molecule has 0 radical (unpaired) electrons. The van der Waals surface area contributed by atoms with Crippen molar-refractivity contribution in [3.63, 3.8) is 0 Å². The molecule has 3 unspecified atom stereocenters. The smallest absolute Gasteiger partial charge is 0.462 e. The topological polar surface area (TPSA) is 237 Å². The highest BCUT2D eigenvalue weighted by molar-refractivity contribution is 7.47. The van der Waals surface area contributed by atoms with Gasteiger partial charge in [-0.2, -0.15) is 0 Å². The zero-order chi connectivity index (χ0) is 68.4. The fourth-order valence-electron chi connectivity index (χ4n) is 11.3. The first kappa shape index (κ1) is 91.1. The lowest BCUT2D eigenvalue weighted by Gasteiger charge is -2.21. The summed E-state index contributed by atoms with van der Waals surface area (Å²) in [6, 6.07) is 0. The van der Waals surface area contributed by atoms with Crippen molar-refractivity contribution in [3.05, 3.63) is 0 Å². The Labute approximate surface area is 568 Å². The van der Waals surface area contributed by atoms with Gasteiger partial charge in [0.25, 0.3) is 0 Å². The maximum atomic E-state index is 13.1. The van der Waals surface area contributed by atoms with Crippen LogP contribution in [0.15, 0.2) is 0 Å². The SMILES string of the molecule is CCCCCCCCCCCCCCCCCCCC(=O)O[C@H](COC(=O)CCCCCCCCCCCCC(C)CC)COP(=O)(O)OC[C@@H](O)COP(=O)(O)OC[C@@H](COC(=O)CCCCCCCCCCCC)OC(=O)CCCCCCCCCCCCCC. The molecule has 552 valence electrons. The van der Waals surface area contributed by atoms with Gasteiger partial charge in [-0.25, -0.2) is 9.13 Å². The van der Waals surface area contributed by atoms with Gasteiger partial charge < -0.3 is 33.8 Å². The van der Waals surface area contributed by atoms with Gasteiger partial charge in [0, 0.05) is 25.7 Å². The molecule has 3 N–H and O–H groups in total. The van der Waals surface area contributed by atoms with Gasteiger partial charge in [0.1, 0.15) is 19.3 Å². The van der Waals surface area contributed by atoms with E-state index in [2.05, 4.69) is 34.6 Å². The van der Waals surface area contributed by atoms with Crippen LogP contribution < -0.4 is 0 Å². The minimum absolute atomic E-state index is 0.108. The van der Waals surface area contributed by atoms with Crippen LogP contribution in [-0.2, 0) is 65.4 Å². The minimum Gasteiger partial charge on any atom is -0.462 e. The molecule has 0 bridgehead atoms. The minimum atomic E-state index is -4.95. The largest absolute Gasteiger partial charge is 0.472 e. The Balaban J connectivity index is 5.24. The third kappa shape index (κ3) is 67.0. The summed E-state index contributed by atoms with van der Waals surface area (Å²) >= 11 is 0. The van der Waals surface area contributed by atoms with E-state index in [1.807, 2.05) is 0 Å². The van der Waals surface area contributed by atoms with Crippen LogP contribution in [0.4, 0.5) is 0 Å². The predicted octanol–water partition coefficient (Wildman–Crippen LogP) is 21.7. The number of hydrogen-bond acceptors (Lipinski definition) is 15. The van der Waals surface area contributed by atoms with Gasteiger partial charge in [-0.15, -0.1) is 0 Å². The Morgan fingerprint density at radius 3 is 0.763 bits per heavy atom. The highest BCUT2D eigenvalue weighted by atomic mass is 31.2. The van der Waals surface area contributed by atoms with Crippen molar-refractivity contribution in [2.24, 2.45) is 5.92 Å². The van der Waals surface area contributed by atoms with Crippen molar-refractivity contribution >= 4 is 39.5 Å². The maximum Gasteiger partial charge on any atom is 0.472 e. The first-order chi connectivity index (χ1) is 45.1. The summed E-state index contributed by atoms with van der Waals surface area (Å²) in [6.07, 6.45) is 55.3. The van der Waals surface area contributed by atoms with Gasteiger partial charge in [-0.3, -0.25) is 37.3 Å². The lowest BCUT2D eigenvalue weighted by Crippen LogP contribution is -2.30. The fourth-order valence-corrected chi connectivity index (χ4v) is 12.9. The number of ether oxygens (including phenoxy) is 4. The summed E-state index contributed by atoms with van der Waals surface area (Å²) in [5.41, 5.74) is 0. The molecule has 0 spiro atoms. The molecule has 0 rings (SSSR count). The van der Waals surface area contributed by atoms with Crippen LogP contribution in [0, 0.1) is 5.92 Å². The second kappa shape index (κ2) is 67.3. The molecule has 0 saturated carbocycles. The monoisotopic (exact) mass is 1370 g/mol. The molecule has 0 aromatic rings. The zero-order valence-corrected chi connectivity index (χ0v) is 62.2. The molecule has 0 aliphatic carbocycles. The van der Waals surface area contributed by atoms with Crippen molar-refractivity contribution < 1.29 is 80.2 Å². The average Bonchev–Trinajstić information content (AvgIpc) is 2.47. The van der Waals surface area contributed by atoms with Crippen molar-refractivity contribution in [1.82, 2.24) is 0 Å². The molecule has 17 nitrogen and oxygen atoms in total. The van der Waals surface area contributed by atoms with Gasteiger partial charge >= 0.3 is 39.5 Å². The number of esters is 4. The summed E-state index contributed by atoms with van der Waals surface area (Å²) in [7, 11) is -9.90. The molecule has 6 atom stereocenters. The van der Waals surface area contributed by atoms with Crippen molar-refractivity contribution in [3.8, 4) is 0 Å². The number of carbonyl (C=O) groups is 4. The van der Waals surface area contributed by atoms with Crippen molar-refractivity contribution in [2.45, 2.75) is 406 Å². The quantitative estimate of drug-likeness (QED) is 0.0222. The molecule has 19 heteroatoms. The highest BCUT2D eigenvalue weighted by Crippen LogP contribution is 2.45. The van der Waals surface area contributed by atoms with Gasteiger partial charge in [0.05, 0.1) is 26.4 Å². The third-order valence-corrected chi connectivity index (χ3v) is 19.5. The molecule has 0 aliphatic rings. The van der Waals surface area contributed by atoms with Crippen LogP contribution in [0.2, 0.25) is 0 Å². The molecule has 0 aromatic heterocycles. The Bertz CT molecular complexity index is 1790. The normalized spacial score (nSPS) is 14.3. The van der Waals surface area contributed by atoms with E-state index in [-0.39, 0.29) is 25.7 Å². The number of aliphatic hydroxyl groups excluding tert-OH is 1. The summed E-state index contributed by atoms with van der Waals surface area (Å²) in [4.78, 5) is 72.7. The van der Waals surface area contributed by atoms with Crippen LogP contribution >= 0.6 is 15.6 Å². The number of aliphatic hydroxyl groups is 1. The molecular formula is C74H144O17P2. The number of hydrogen-bond donors (Lipinski definition) is 3. The van der Waals surface area contributed by atoms with Gasteiger partial charge in [0.15, 0.2) is 12.2 Å². The van der Waals surface area contributed by atoms with Crippen LogP contribution in [-0.4, -0.2) is 96.7 Å². The summed E-state index contributed by atoms with van der Waals surface area (Å²) < 4.78 is 68.4. The molecule has 0 saturated heterocycles. The van der Waals surface area contributed by atoms with Gasteiger partial charge in [-0.05, 0) is 31.6 Å². The number of phosphoric ester groups is 2. The molecule has 0 aromatic carbocycles. The fraction of sp³-hybridized carbons (Fsp3) is 0.946. The number of carbonyl (C=O) groups excluding carboxylic acids is 4. The number of phosphoric acid groups is 2. The van der Waals surface area contributed by atoms with Gasteiger partial charge in [0.2, 0.25) is 0 Å². The van der Waals surface area contributed by atoms with E-state index in [0.29, 0.717) is 25.7 Å². The lowest BCUT2D eigenvalue weighted by atomic mass is 9.99. The second-order valence-electron chi connectivity index (χ2n) is 26.9. The Morgan fingerprint density at radius 2 is 0.516 bits per heavy atom. The third-order valence-electron chi connectivity index (χ3n) is 17.6. The summed E-state index contributed by atoms with van der Waals surface area (Å²) in [5, 5.41) is 10.6. The molecule has 0 aliphatic heterocycles. The Kier molecular flexibility index (Phi) is 65.9. The van der Waals surface area contributed by atoms with E-state index < -0.39 is 97.5 Å². The van der Waals surface area contributed by atoms with Gasteiger partial charge in [-0.1, -0.05) is 336 Å². The van der Waals surface area contributed by atoms with Crippen LogP contribution in [0.1, 0.15) is 388 Å². The van der Waals surface area contributed by atoms with E-state index in [4.69, 9.17) is 37.0 Å². The summed E-state index contributed by atoms with van der Waals surface area (Å²) in [6.45, 7) is 7.30. The van der Waals surface area contributed by atoms with Crippen molar-refractivity contribution in [2.75, 3.05) is 39.6 Å². The number of unbranched alkanes of at least 4 members (excludes halogenated alkanes) is 45. The first-order valence-corrected chi connectivity index (χ1v) is 41.7.